The van der Waals surface area contributed by atoms with Crippen LogP contribution in [0.3, 0.4) is 0 Å². The monoisotopic (exact) mass is 549 g/mol. The lowest BCUT2D eigenvalue weighted by Gasteiger charge is -2.17. The van der Waals surface area contributed by atoms with Crippen LogP contribution in [0, 0.1) is 5.41 Å². The lowest BCUT2D eigenvalue weighted by molar-refractivity contribution is -0.117. The van der Waals surface area contributed by atoms with Crippen molar-refractivity contribution in [3.63, 3.8) is 0 Å². The van der Waals surface area contributed by atoms with Gasteiger partial charge in [0.25, 0.3) is 0 Å². The number of hydrogen-bond acceptors (Lipinski definition) is 7. The van der Waals surface area contributed by atoms with Gasteiger partial charge in [0.1, 0.15) is 11.2 Å². The molecule has 6 aromatic rings. The maximum Gasteiger partial charge on any atom is 0.224 e. The summed E-state index contributed by atoms with van der Waals surface area (Å²) in [5, 5.41) is 11.5. The number of carbonyl (C=O) groups excluding carboxylic acids is 2. The van der Waals surface area contributed by atoms with Crippen molar-refractivity contribution in [1.82, 2.24) is 30.1 Å². The number of carbonyl (C=O) groups is 2. The smallest absolute Gasteiger partial charge is 0.224 e. The molecular formula is C30H27N7O2S. The lowest BCUT2D eigenvalue weighted by atomic mass is 9.92. The number of nitrogens with one attached hydrogen (secondary N) is 3. The van der Waals surface area contributed by atoms with Crippen LogP contribution in [-0.4, -0.2) is 41.8 Å². The molecule has 0 saturated heterocycles. The number of nitrogens with zero attached hydrogens (tertiary/aromatic N) is 4. The fourth-order valence-electron chi connectivity index (χ4n) is 4.62. The molecule has 200 valence electrons. The first-order chi connectivity index (χ1) is 19.1. The fraction of sp³-hybridized carbons (Fsp3) is 0.200. The molecule has 0 aliphatic carbocycles. The standard InChI is InChI=1S/C30H27N7O2S/c1-16(38)24-7-8-25(40-24)21-14-32-15-23-27(21)35-29(34-23)28-20-10-17(5-6-22(20)36-37-28)18-9-19(13-31-12-18)33-26(39)11-30(2,3)4/h5-10,12-15H,11H2,1-4H3,(H,33,39)(H,34,35)(H,36,37). The predicted octanol–water partition coefficient (Wildman–Crippen LogP) is 6.87. The first-order valence-corrected chi connectivity index (χ1v) is 13.6. The van der Waals surface area contributed by atoms with Crippen molar-refractivity contribution < 1.29 is 9.59 Å². The van der Waals surface area contributed by atoms with E-state index in [1.807, 2.05) is 57.2 Å². The molecule has 0 aliphatic heterocycles. The van der Waals surface area contributed by atoms with Crippen molar-refractivity contribution in [1.29, 1.82) is 0 Å². The van der Waals surface area contributed by atoms with Crippen LogP contribution in [0.5, 0.6) is 0 Å². The summed E-state index contributed by atoms with van der Waals surface area (Å²) >= 11 is 1.43. The van der Waals surface area contributed by atoms with Gasteiger partial charge in [-0.05, 0) is 48.2 Å². The second-order valence-electron chi connectivity index (χ2n) is 11.0. The molecule has 1 aromatic carbocycles. The van der Waals surface area contributed by atoms with Gasteiger partial charge in [0, 0.05) is 40.2 Å². The Morgan fingerprint density at radius 1 is 0.950 bits per heavy atom. The normalized spacial score (nSPS) is 11.8. The van der Waals surface area contributed by atoms with Crippen LogP contribution in [-0.2, 0) is 4.79 Å². The average Bonchev–Trinajstić information content (AvgIpc) is 3.65. The Morgan fingerprint density at radius 3 is 2.55 bits per heavy atom. The number of rotatable bonds is 6. The summed E-state index contributed by atoms with van der Waals surface area (Å²) in [5.41, 5.74) is 6.29. The highest BCUT2D eigenvalue weighted by atomic mass is 32.1. The molecular weight excluding hydrogens is 522 g/mol. The van der Waals surface area contributed by atoms with E-state index in [0.29, 0.717) is 28.5 Å². The zero-order valence-electron chi connectivity index (χ0n) is 22.5. The summed E-state index contributed by atoms with van der Waals surface area (Å²) in [4.78, 5) is 42.9. The molecule has 0 atom stereocenters. The van der Waals surface area contributed by atoms with Crippen LogP contribution in [0.15, 0.2) is 61.2 Å². The third-order valence-electron chi connectivity index (χ3n) is 6.45. The zero-order chi connectivity index (χ0) is 28.0. The van der Waals surface area contributed by atoms with E-state index in [0.717, 1.165) is 43.5 Å². The Kier molecular flexibility index (Phi) is 6.26. The second kappa shape index (κ2) is 9.80. The average molecular weight is 550 g/mol. The molecule has 5 heterocycles. The summed E-state index contributed by atoms with van der Waals surface area (Å²) in [6.07, 6.45) is 7.35. The first kappa shape index (κ1) is 25.6. The van der Waals surface area contributed by atoms with Crippen LogP contribution >= 0.6 is 11.3 Å². The van der Waals surface area contributed by atoms with Crippen molar-refractivity contribution in [2.45, 2.75) is 34.1 Å². The van der Waals surface area contributed by atoms with Gasteiger partial charge in [0.05, 0.1) is 34.0 Å². The number of aromatic amines is 2. The van der Waals surface area contributed by atoms with E-state index in [1.165, 1.54) is 11.3 Å². The highest BCUT2D eigenvalue weighted by molar-refractivity contribution is 7.17. The van der Waals surface area contributed by atoms with Crippen molar-refractivity contribution >= 4 is 50.7 Å². The van der Waals surface area contributed by atoms with E-state index >= 15 is 0 Å². The quantitative estimate of drug-likeness (QED) is 0.194. The number of pyridine rings is 2. The molecule has 0 spiro atoms. The minimum atomic E-state index is -0.105. The van der Waals surface area contributed by atoms with E-state index < -0.39 is 0 Å². The van der Waals surface area contributed by atoms with E-state index in [2.05, 4.69) is 30.5 Å². The summed E-state index contributed by atoms with van der Waals surface area (Å²) in [5.74, 6) is 0.598. The number of anilines is 1. The summed E-state index contributed by atoms with van der Waals surface area (Å²) < 4.78 is 0. The third kappa shape index (κ3) is 5.01. The minimum Gasteiger partial charge on any atom is -0.335 e. The molecule has 0 fully saturated rings. The second-order valence-corrected chi connectivity index (χ2v) is 12.1. The summed E-state index contributed by atoms with van der Waals surface area (Å²) in [6, 6.07) is 11.7. The highest BCUT2D eigenvalue weighted by Crippen LogP contribution is 2.35. The van der Waals surface area contributed by atoms with Crippen molar-refractivity contribution in [3.05, 3.63) is 66.1 Å². The largest absolute Gasteiger partial charge is 0.335 e. The Bertz CT molecular complexity index is 1910. The van der Waals surface area contributed by atoms with E-state index in [1.54, 1.807) is 31.7 Å². The minimum absolute atomic E-state index is 0.0333. The molecule has 0 radical (unpaired) electrons. The number of imidazole rings is 1. The number of thiophene rings is 1. The van der Waals surface area contributed by atoms with E-state index in [4.69, 9.17) is 4.98 Å². The topological polar surface area (TPSA) is 129 Å². The number of benzene rings is 1. The molecule has 0 saturated carbocycles. The predicted molar refractivity (Wildman–Crippen MR) is 158 cm³/mol. The molecule has 1 amide bonds. The number of Topliss-reactive ketones (excluding diaryl/α,β-unsaturated/α-hetero) is 1. The summed E-state index contributed by atoms with van der Waals surface area (Å²) in [7, 11) is 0. The number of ketones is 1. The molecule has 5 aromatic heterocycles. The third-order valence-corrected chi connectivity index (χ3v) is 7.67. The van der Waals surface area contributed by atoms with Gasteiger partial charge < -0.3 is 10.3 Å². The van der Waals surface area contributed by atoms with E-state index in [-0.39, 0.29) is 17.1 Å². The number of aromatic nitrogens is 6. The highest BCUT2D eigenvalue weighted by Gasteiger charge is 2.18. The maximum absolute atomic E-state index is 12.5. The zero-order valence-corrected chi connectivity index (χ0v) is 23.3. The number of amides is 1. The van der Waals surface area contributed by atoms with Gasteiger partial charge in [-0.25, -0.2) is 4.98 Å². The van der Waals surface area contributed by atoms with Crippen LogP contribution in [0.25, 0.3) is 55.0 Å². The Morgan fingerprint density at radius 2 is 1.77 bits per heavy atom. The first-order valence-electron chi connectivity index (χ1n) is 12.8. The molecule has 0 bridgehead atoms. The number of hydrogen-bond donors (Lipinski definition) is 3. The number of fused-ring (bicyclic) bond motifs is 2. The number of H-pyrrole nitrogens is 2. The fourth-order valence-corrected chi connectivity index (χ4v) is 5.54. The maximum atomic E-state index is 12.5. The van der Waals surface area contributed by atoms with Gasteiger partial charge in [-0.3, -0.25) is 24.7 Å². The molecule has 9 nitrogen and oxygen atoms in total. The van der Waals surface area contributed by atoms with Crippen molar-refractivity contribution in [3.8, 4) is 33.1 Å². The van der Waals surface area contributed by atoms with Crippen LogP contribution in [0.1, 0.15) is 43.8 Å². The molecule has 3 N–H and O–H groups in total. The molecule has 10 heteroatoms. The molecule has 6 rings (SSSR count). The molecule has 40 heavy (non-hydrogen) atoms. The van der Waals surface area contributed by atoms with Gasteiger partial charge in [-0.1, -0.05) is 26.8 Å². The summed E-state index contributed by atoms with van der Waals surface area (Å²) in [6.45, 7) is 7.66. The van der Waals surface area contributed by atoms with Crippen LogP contribution < -0.4 is 5.32 Å². The Hall–Kier alpha value is -4.70. The SMILES string of the molecule is CC(=O)c1ccc(-c2cncc3[nH]c(-c4n[nH]c5ccc(-c6cncc(NC(=O)CC(C)(C)C)c6)cc45)nc23)s1. The van der Waals surface area contributed by atoms with Gasteiger partial charge in [0.2, 0.25) is 5.91 Å². The van der Waals surface area contributed by atoms with Gasteiger partial charge in [-0.15, -0.1) is 11.3 Å². The molecule has 0 unspecified atom stereocenters. The lowest BCUT2D eigenvalue weighted by Crippen LogP contribution is -2.19. The van der Waals surface area contributed by atoms with Gasteiger partial charge in [0.15, 0.2) is 11.6 Å². The van der Waals surface area contributed by atoms with Crippen molar-refractivity contribution in [2.24, 2.45) is 5.41 Å². The van der Waals surface area contributed by atoms with Gasteiger partial charge >= 0.3 is 0 Å². The Balaban J connectivity index is 1.36. The van der Waals surface area contributed by atoms with E-state index in [9.17, 15) is 9.59 Å². The Labute approximate surface area is 234 Å². The van der Waals surface area contributed by atoms with Crippen LogP contribution in [0.2, 0.25) is 0 Å². The van der Waals surface area contributed by atoms with Crippen molar-refractivity contribution in [2.75, 3.05) is 5.32 Å². The molecule has 0 aliphatic rings. The van der Waals surface area contributed by atoms with Crippen LogP contribution in [0.4, 0.5) is 5.69 Å². The van der Waals surface area contributed by atoms with Gasteiger partial charge in [-0.2, -0.15) is 5.10 Å².